The lowest BCUT2D eigenvalue weighted by Gasteiger charge is -2.19. The van der Waals surface area contributed by atoms with E-state index < -0.39 is 6.04 Å². The molecule has 0 radical (unpaired) electrons. The Kier molecular flexibility index (Phi) is 9.86. The minimum Gasteiger partial charge on any atom is -0.349 e. The number of carbonyl (C=O) groups excluding carboxylic acids is 2. The van der Waals surface area contributed by atoms with Crippen LogP contribution in [0.25, 0.3) is 0 Å². The lowest BCUT2D eigenvalue weighted by Crippen LogP contribution is -2.30. The van der Waals surface area contributed by atoms with Crippen molar-refractivity contribution in [3.63, 3.8) is 0 Å². The Bertz CT molecular complexity index is 751. The van der Waals surface area contributed by atoms with E-state index in [0.717, 1.165) is 23.4 Å². The van der Waals surface area contributed by atoms with Crippen molar-refractivity contribution in [3.05, 3.63) is 64.7 Å². The molecule has 1 unspecified atom stereocenters. The molecule has 0 aliphatic carbocycles. The van der Waals surface area contributed by atoms with Gasteiger partial charge in [-0.1, -0.05) is 48.9 Å². The maximum Gasteiger partial charge on any atom is 0.226 e. The van der Waals surface area contributed by atoms with E-state index in [2.05, 4.69) is 16.0 Å². The third-order valence-electron chi connectivity index (χ3n) is 3.90. The van der Waals surface area contributed by atoms with Crippen LogP contribution in [-0.4, -0.2) is 18.4 Å². The van der Waals surface area contributed by atoms with Gasteiger partial charge >= 0.3 is 0 Å². The van der Waals surface area contributed by atoms with E-state index in [1.165, 1.54) is 6.92 Å². The minimum absolute atomic E-state index is 0. The normalized spacial score (nSPS) is 11.2. The molecule has 0 spiro atoms. The number of rotatable bonds is 8. The molecule has 0 bridgehead atoms. The highest BCUT2D eigenvalue weighted by Gasteiger charge is 2.18. The summed E-state index contributed by atoms with van der Waals surface area (Å²) in [6.07, 6.45) is 0.136. The van der Waals surface area contributed by atoms with Crippen molar-refractivity contribution in [2.75, 3.05) is 11.9 Å². The highest BCUT2D eigenvalue weighted by atomic mass is 35.5. The van der Waals surface area contributed by atoms with Gasteiger partial charge in [-0.2, -0.15) is 0 Å². The van der Waals surface area contributed by atoms with E-state index in [1.807, 2.05) is 43.3 Å². The van der Waals surface area contributed by atoms with Crippen LogP contribution in [0.2, 0.25) is 5.02 Å². The summed E-state index contributed by atoms with van der Waals surface area (Å²) in [6, 6.07) is 14.4. The van der Waals surface area contributed by atoms with Crippen molar-refractivity contribution in [2.45, 2.75) is 32.9 Å². The number of anilines is 1. The maximum absolute atomic E-state index is 12.6. The van der Waals surface area contributed by atoms with Gasteiger partial charge in [-0.05, 0) is 35.9 Å². The number of hydrogen-bond donors (Lipinski definition) is 3. The number of carbonyl (C=O) groups is 2. The SMILES string of the molecule is CCNCc1ccccc1NC(=O)CC(NC(C)=O)c1ccc(Cl)cc1.Cl. The summed E-state index contributed by atoms with van der Waals surface area (Å²) in [5.41, 5.74) is 2.63. The fraction of sp³-hybridized carbons (Fsp3) is 0.300. The highest BCUT2D eigenvalue weighted by molar-refractivity contribution is 6.30. The van der Waals surface area contributed by atoms with E-state index in [4.69, 9.17) is 11.6 Å². The lowest BCUT2D eigenvalue weighted by atomic mass is 10.0. The molecule has 0 aliphatic heterocycles. The Labute approximate surface area is 171 Å². The van der Waals surface area contributed by atoms with Gasteiger partial charge in [0.05, 0.1) is 12.5 Å². The fourth-order valence-electron chi connectivity index (χ4n) is 2.64. The monoisotopic (exact) mass is 409 g/mol. The number of para-hydroxylation sites is 1. The number of hydrogen-bond acceptors (Lipinski definition) is 3. The first-order chi connectivity index (χ1) is 12.5. The van der Waals surface area contributed by atoms with Crippen LogP contribution in [-0.2, 0) is 16.1 Å². The minimum atomic E-state index is -0.411. The van der Waals surface area contributed by atoms with Crippen LogP contribution in [0.3, 0.4) is 0 Å². The van der Waals surface area contributed by atoms with Crippen LogP contribution in [0.4, 0.5) is 5.69 Å². The number of amides is 2. The van der Waals surface area contributed by atoms with Crippen LogP contribution in [0, 0.1) is 0 Å². The molecule has 1 atom stereocenters. The smallest absolute Gasteiger partial charge is 0.226 e. The summed E-state index contributed by atoms with van der Waals surface area (Å²) >= 11 is 5.92. The second kappa shape index (κ2) is 11.6. The molecular weight excluding hydrogens is 385 g/mol. The number of halogens is 2. The largest absolute Gasteiger partial charge is 0.349 e. The third-order valence-corrected chi connectivity index (χ3v) is 4.15. The van der Waals surface area contributed by atoms with Crippen LogP contribution < -0.4 is 16.0 Å². The Hall–Kier alpha value is -2.08. The van der Waals surface area contributed by atoms with Crippen LogP contribution >= 0.6 is 24.0 Å². The van der Waals surface area contributed by atoms with E-state index in [9.17, 15) is 9.59 Å². The van der Waals surface area contributed by atoms with E-state index >= 15 is 0 Å². The van der Waals surface area contributed by atoms with Crippen molar-refractivity contribution < 1.29 is 9.59 Å². The summed E-state index contributed by atoms with van der Waals surface area (Å²) in [7, 11) is 0. The van der Waals surface area contributed by atoms with Gasteiger partial charge in [0.15, 0.2) is 0 Å². The predicted molar refractivity (Wildman–Crippen MR) is 112 cm³/mol. The molecule has 7 heteroatoms. The van der Waals surface area contributed by atoms with E-state index in [0.29, 0.717) is 11.6 Å². The van der Waals surface area contributed by atoms with E-state index in [-0.39, 0.29) is 30.6 Å². The Balaban J connectivity index is 0.00000364. The van der Waals surface area contributed by atoms with Gasteiger partial charge in [-0.15, -0.1) is 12.4 Å². The molecular formula is C20H25Cl2N3O2. The molecule has 2 rings (SSSR count). The summed E-state index contributed by atoms with van der Waals surface area (Å²) in [5, 5.41) is 9.64. The molecule has 0 aromatic heterocycles. The molecule has 27 heavy (non-hydrogen) atoms. The average Bonchev–Trinajstić information content (AvgIpc) is 2.60. The topological polar surface area (TPSA) is 70.2 Å². The molecule has 2 amide bonds. The third kappa shape index (κ3) is 7.59. The second-order valence-electron chi connectivity index (χ2n) is 5.99. The second-order valence-corrected chi connectivity index (χ2v) is 6.43. The number of benzene rings is 2. The van der Waals surface area contributed by atoms with Gasteiger partial charge in [-0.3, -0.25) is 9.59 Å². The summed E-state index contributed by atoms with van der Waals surface area (Å²) in [6.45, 7) is 5.00. The zero-order valence-electron chi connectivity index (χ0n) is 15.4. The van der Waals surface area contributed by atoms with Gasteiger partial charge in [-0.25, -0.2) is 0 Å². The molecule has 2 aromatic carbocycles. The first-order valence-corrected chi connectivity index (χ1v) is 8.98. The summed E-state index contributed by atoms with van der Waals surface area (Å²) in [5.74, 6) is -0.354. The van der Waals surface area contributed by atoms with Crippen molar-refractivity contribution >= 4 is 41.5 Å². The molecule has 0 aliphatic rings. The maximum atomic E-state index is 12.6. The van der Waals surface area contributed by atoms with Gasteiger partial charge in [0.2, 0.25) is 11.8 Å². The van der Waals surface area contributed by atoms with Crippen LogP contribution in [0.15, 0.2) is 48.5 Å². The summed E-state index contributed by atoms with van der Waals surface area (Å²) in [4.78, 5) is 24.1. The van der Waals surface area contributed by atoms with Crippen LogP contribution in [0.1, 0.15) is 37.4 Å². The lowest BCUT2D eigenvalue weighted by molar-refractivity contribution is -0.120. The average molecular weight is 410 g/mol. The predicted octanol–water partition coefficient (Wildman–Crippen LogP) is 4.08. The molecule has 0 fully saturated rings. The molecule has 146 valence electrons. The molecule has 0 saturated carbocycles. The molecule has 5 nitrogen and oxygen atoms in total. The Morgan fingerprint density at radius 1 is 1.07 bits per heavy atom. The number of nitrogens with one attached hydrogen (secondary N) is 3. The highest BCUT2D eigenvalue weighted by Crippen LogP contribution is 2.21. The van der Waals surface area contributed by atoms with E-state index in [1.54, 1.807) is 12.1 Å². The summed E-state index contributed by atoms with van der Waals surface area (Å²) < 4.78 is 0. The molecule has 3 N–H and O–H groups in total. The van der Waals surface area contributed by atoms with Gasteiger partial charge in [0, 0.05) is 24.2 Å². The van der Waals surface area contributed by atoms with Gasteiger partial charge < -0.3 is 16.0 Å². The van der Waals surface area contributed by atoms with Crippen molar-refractivity contribution in [2.24, 2.45) is 0 Å². The quantitative estimate of drug-likeness (QED) is 0.614. The zero-order chi connectivity index (χ0) is 18.9. The van der Waals surface area contributed by atoms with Crippen molar-refractivity contribution in [3.8, 4) is 0 Å². The van der Waals surface area contributed by atoms with Crippen LogP contribution in [0.5, 0.6) is 0 Å². The zero-order valence-corrected chi connectivity index (χ0v) is 17.0. The van der Waals surface area contributed by atoms with Gasteiger partial charge in [0.25, 0.3) is 0 Å². The molecule has 2 aromatic rings. The van der Waals surface area contributed by atoms with Crippen molar-refractivity contribution in [1.82, 2.24) is 10.6 Å². The molecule has 0 saturated heterocycles. The standard InChI is InChI=1S/C20H24ClN3O2.ClH/c1-3-22-13-16-6-4-5-7-18(16)24-20(26)12-19(23-14(2)25)15-8-10-17(21)11-9-15;/h4-11,19,22H,3,12-13H2,1-2H3,(H,23,25)(H,24,26);1H. The fourth-order valence-corrected chi connectivity index (χ4v) is 2.76. The first-order valence-electron chi connectivity index (χ1n) is 8.60. The Morgan fingerprint density at radius 3 is 2.37 bits per heavy atom. The van der Waals surface area contributed by atoms with Gasteiger partial charge in [0.1, 0.15) is 0 Å². The van der Waals surface area contributed by atoms with Crippen molar-refractivity contribution in [1.29, 1.82) is 0 Å². The Morgan fingerprint density at radius 2 is 1.74 bits per heavy atom. The first kappa shape index (κ1) is 23.0. The molecule has 0 heterocycles.